The van der Waals surface area contributed by atoms with Gasteiger partial charge < -0.3 is 10.8 Å². The predicted molar refractivity (Wildman–Crippen MR) is 42.0 cm³/mol. The van der Waals surface area contributed by atoms with Crippen LogP contribution in [0.4, 0.5) is 0 Å². The van der Waals surface area contributed by atoms with Crippen molar-refractivity contribution in [3.8, 4) is 0 Å². The van der Waals surface area contributed by atoms with Gasteiger partial charge in [0.05, 0.1) is 12.3 Å². The fourth-order valence-electron chi connectivity index (χ4n) is 0.905. The molecule has 0 spiro atoms. The molecule has 0 aliphatic rings. The molecule has 0 aromatic carbocycles. The van der Waals surface area contributed by atoms with Crippen LogP contribution in [0.3, 0.4) is 0 Å². The fourth-order valence-corrected chi connectivity index (χ4v) is 0.905. The Hall–Kier alpha value is -0.870. The summed E-state index contributed by atoms with van der Waals surface area (Å²) in [5.74, 6) is 0. The first-order valence-electron chi connectivity index (χ1n) is 3.57. The summed E-state index contributed by atoms with van der Waals surface area (Å²) < 4.78 is 1.72. The van der Waals surface area contributed by atoms with Gasteiger partial charge in [-0.2, -0.15) is 5.10 Å². The molecule has 11 heavy (non-hydrogen) atoms. The maximum Gasteiger partial charge on any atom is 0.0640 e. The first-order valence-corrected chi connectivity index (χ1v) is 3.57. The molecule has 0 aliphatic carbocycles. The molecule has 0 radical (unpaired) electrons. The van der Waals surface area contributed by atoms with Gasteiger partial charge in [0.2, 0.25) is 0 Å². The van der Waals surface area contributed by atoms with Crippen LogP contribution in [-0.2, 0) is 13.5 Å². The van der Waals surface area contributed by atoms with Gasteiger partial charge in [0.1, 0.15) is 0 Å². The van der Waals surface area contributed by atoms with E-state index < -0.39 is 0 Å². The largest absolute Gasteiger partial charge is 0.395 e. The van der Waals surface area contributed by atoms with Crippen molar-refractivity contribution in [1.82, 2.24) is 9.78 Å². The third-order valence-electron chi connectivity index (χ3n) is 1.47. The Morgan fingerprint density at radius 3 is 3.00 bits per heavy atom. The Labute approximate surface area is 65.6 Å². The second-order valence-electron chi connectivity index (χ2n) is 2.63. The lowest BCUT2D eigenvalue weighted by Gasteiger charge is -2.03. The molecule has 1 unspecified atom stereocenters. The van der Waals surface area contributed by atoms with E-state index in [4.69, 9.17) is 10.8 Å². The molecule has 0 saturated carbocycles. The maximum atomic E-state index is 8.64. The van der Waals surface area contributed by atoms with E-state index in [1.54, 1.807) is 4.68 Å². The van der Waals surface area contributed by atoms with Gasteiger partial charge in [-0.3, -0.25) is 4.68 Å². The highest BCUT2D eigenvalue weighted by atomic mass is 16.3. The number of nitrogens with zero attached hydrogens (tertiary/aromatic N) is 2. The van der Waals surface area contributed by atoms with Crippen molar-refractivity contribution in [1.29, 1.82) is 0 Å². The molecule has 0 bridgehead atoms. The van der Waals surface area contributed by atoms with Gasteiger partial charge in [-0.25, -0.2) is 0 Å². The van der Waals surface area contributed by atoms with E-state index in [2.05, 4.69) is 5.10 Å². The second-order valence-corrected chi connectivity index (χ2v) is 2.63. The summed E-state index contributed by atoms with van der Waals surface area (Å²) in [6.45, 7) is 0.0105. The number of aliphatic hydroxyl groups excluding tert-OH is 1. The van der Waals surface area contributed by atoms with Gasteiger partial charge in [-0.05, 0) is 6.07 Å². The van der Waals surface area contributed by atoms with Gasteiger partial charge in [0.15, 0.2) is 0 Å². The van der Waals surface area contributed by atoms with E-state index in [0.717, 1.165) is 5.69 Å². The minimum absolute atomic E-state index is 0.0105. The summed E-state index contributed by atoms with van der Waals surface area (Å²) in [5.41, 5.74) is 6.44. The van der Waals surface area contributed by atoms with E-state index in [1.807, 2.05) is 19.3 Å². The van der Waals surface area contributed by atoms with E-state index in [1.165, 1.54) is 0 Å². The zero-order valence-electron chi connectivity index (χ0n) is 6.57. The molecular formula is C7H13N3O. The van der Waals surface area contributed by atoms with E-state index in [0.29, 0.717) is 6.42 Å². The topological polar surface area (TPSA) is 64.1 Å². The lowest BCUT2D eigenvalue weighted by molar-refractivity contribution is 0.264. The van der Waals surface area contributed by atoms with Crippen LogP contribution in [0.5, 0.6) is 0 Å². The number of hydrogen-bond acceptors (Lipinski definition) is 3. The van der Waals surface area contributed by atoms with Crippen molar-refractivity contribution in [2.75, 3.05) is 6.61 Å². The minimum atomic E-state index is -0.190. The molecule has 1 atom stereocenters. The van der Waals surface area contributed by atoms with Crippen molar-refractivity contribution in [3.63, 3.8) is 0 Å². The normalized spacial score (nSPS) is 13.4. The first kappa shape index (κ1) is 8.23. The van der Waals surface area contributed by atoms with Gasteiger partial charge in [0, 0.05) is 25.7 Å². The van der Waals surface area contributed by atoms with Crippen LogP contribution in [0.25, 0.3) is 0 Å². The van der Waals surface area contributed by atoms with Crippen LogP contribution in [0, 0.1) is 0 Å². The number of nitrogens with two attached hydrogens (primary N) is 1. The Bertz CT molecular complexity index is 221. The van der Waals surface area contributed by atoms with E-state index >= 15 is 0 Å². The molecule has 62 valence electrons. The van der Waals surface area contributed by atoms with Gasteiger partial charge in [-0.15, -0.1) is 0 Å². The molecule has 1 aromatic rings. The monoisotopic (exact) mass is 155 g/mol. The second kappa shape index (κ2) is 3.50. The minimum Gasteiger partial charge on any atom is -0.395 e. The van der Waals surface area contributed by atoms with Crippen molar-refractivity contribution >= 4 is 0 Å². The molecule has 3 N–H and O–H groups in total. The molecule has 0 saturated heterocycles. The molecule has 1 heterocycles. The molecule has 4 nitrogen and oxygen atoms in total. The highest BCUT2D eigenvalue weighted by Crippen LogP contribution is 1.97. The summed E-state index contributed by atoms with van der Waals surface area (Å²) in [6.07, 6.45) is 2.50. The standard InChI is InChI=1S/C7H13N3O/c1-10-3-2-7(9-10)4-6(8)5-11/h2-3,6,11H,4-5,8H2,1H3. The highest BCUT2D eigenvalue weighted by Gasteiger charge is 2.03. The molecule has 1 aromatic heterocycles. The highest BCUT2D eigenvalue weighted by molar-refractivity contribution is 5.00. The molecule has 4 heteroatoms. The van der Waals surface area contributed by atoms with Crippen LogP contribution in [0.1, 0.15) is 5.69 Å². The van der Waals surface area contributed by atoms with Gasteiger partial charge >= 0.3 is 0 Å². The van der Waals surface area contributed by atoms with Crippen molar-refractivity contribution in [2.24, 2.45) is 12.8 Å². The molecule has 1 rings (SSSR count). The number of aromatic nitrogens is 2. The molecule has 0 fully saturated rings. The van der Waals surface area contributed by atoms with Crippen LogP contribution < -0.4 is 5.73 Å². The van der Waals surface area contributed by atoms with Crippen molar-refractivity contribution < 1.29 is 5.11 Å². The first-order chi connectivity index (χ1) is 5.22. The lowest BCUT2D eigenvalue weighted by Crippen LogP contribution is -2.27. The molecule has 0 amide bonds. The Balaban J connectivity index is 2.50. The van der Waals surface area contributed by atoms with E-state index in [9.17, 15) is 0 Å². The van der Waals surface area contributed by atoms with Gasteiger partial charge in [0.25, 0.3) is 0 Å². The summed E-state index contributed by atoms with van der Waals surface area (Å²) in [5, 5.41) is 12.8. The summed E-state index contributed by atoms with van der Waals surface area (Å²) in [6, 6.07) is 1.71. The number of aryl methyl sites for hydroxylation is 1. The number of hydrogen-bond donors (Lipinski definition) is 2. The van der Waals surface area contributed by atoms with Crippen LogP contribution in [-0.4, -0.2) is 27.5 Å². The SMILES string of the molecule is Cn1ccc(CC(N)CO)n1. The zero-order chi connectivity index (χ0) is 8.27. The number of rotatable bonds is 3. The van der Waals surface area contributed by atoms with Crippen LogP contribution in [0.15, 0.2) is 12.3 Å². The lowest BCUT2D eigenvalue weighted by atomic mass is 10.2. The third-order valence-corrected chi connectivity index (χ3v) is 1.47. The summed E-state index contributed by atoms with van der Waals surface area (Å²) >= 11 is 0. The molecular weight excluding hydrogens is 142 g/mol. The Morgan fingerprint density at radius 1 is 1.82 bits per heavy atom. The molecule has 0 aliphatic heterocycles. The van der Waals surface area contributed by atoms with Crippen molar-refractivity contribution in [3.05, 3.63) is 18.0 Å². The Kier molecular flexibility index (Phi) is 2.62. The van der Waals surface area contributed by atoms with Crippen molar-refractivity contribution in [2.45, 2.75) is 12.5 Å². The average molecular weight is 155 g/mol. The van der Waals surface area contributed by atoms with Crippen LogP contribution >= 0.6 is 0 Å². The summed E-state index contributed by atoms with van der Waals surface area (Å²) in [7, 11) is 1.86. The fraction of sp³-hybridized carbons (Fsp3) is 0.571. The maximum absolute atomic E-state index is 8.64. The quantitative estimate of drug-likeness (QED) is 0.605. The Morgan fingerprint density at radius 2 is 2.55 bits per heavy atom. The van der Waals surface area contributed by atoms with Crippen LogP contribution in [0.2, 0.25) is 0 Å². The zero-order valence-corrected chi connectivity index (χ0v) is 6.57. The smallest absolute Gasteiger partial charge is 0.0640 e. The predicted octanol–water partition coefficient (Wildman–Crippen LogP) is -0.718. The average Bonchev–Trinajstić information content (AvgIpc) is 2.35. The number of aliphatic hydroxyl groups is 1. The third kappa shape index (κ3) is 2.32. The van der Waals surface area contributed by atoms with E-state index in [-0.39, 0.29) is 12.6 Å². The summed E-state index contributed by atoms with van der Waals surface area (Å²) in [4.78, 5) is 0. The van der Waals surface area contributed by atoms with Gasteiger partial charge in [-0.1, -0.05) is 0 Å².